The average molecular weight is 461 g/mol. The van der Waals surface area contributed by atoms with Gasteiger partial charge in [0.2, 0.25) is 11.8 Å². The van der Waals surface area contributed by atoms with Crippen molar-refractivity contribution >= 4 is 29.2 Å². The zero-order chi connectivity index (χ0) is 24.0. The number of anilines is 2. The van der Waals surface area contributed by atoms with Crippen LogP contribution in [0, 0.1) is 0 Å². The highest BCUT2D eigenvalue weighted by Crippen LogP contribution is 2.37. The molecule has 0 atom stereocenters. The Morgan fingerprint density at radius 1 is 0.882 bits per heavy atom. The second-order valence-corrected chi connectivity index (χ2v) is 8.37. The van der Waals surface area contributed by atoms with Crippen LogP contribution >= 0.6 is 0 Å². The molecule has 0 bridgehead atoms. The van der Waals surface area contributed by atoms with Gasteiger partial charge in [0.25, 0.3) is 0 Å². The highest BCUT2D eigenvalue weighted by atomic mass is 16.3. The Morgan fingerprint density at radius 3 is 2.12 bits per heavy atom. The number of hydrogen-bond acceptors (Lipinski definition) is 4. The molecule has 0 spiro atoms. The molecule has 8 nitrogen and oxygen atoms in total. The first kappa shape index (κ1) is 23.1. The van der Waals surface area contributed by atoms with Crippen LogP contribution in [0.15, 0.2) is 77.4 Å². The molecule has 8 heteroatoms. The zero-order valence-electron chi connectivity index (χ0n) is 19.0. The van der Waals surface area contributed by atoms with E-state index in [1.54, 1.807) is 54.5 Å². The van der Waals surface area contributed by atoms with Crippen LogP contribution in [0.4, 0.5) is 16.2 Å². The number of hydrogen-bond donors (Lipinski definition) is 3. The number of carbonyl (C=O) groups excluding carboxylic acids is 3. The van der Waals surface area contributed by atoms with Gasteiger partial charge in [0.05, 0.1) is 18.2 Å². The van der Waals surface area contributed by atoms with Crippen LogP contribution in [-0.2, 0) is 21.5 Å². The summed E-state index contributed by atoms with van der Waals surface area (Å²) in [4.78, 5) is 39.2. The van der Waals surface area contributed by atoms with E-state index in [0.717, 1.165) is 5.56 Å². The molecule has 1 aromatic heterocycles. The van der Waals surface area contributed by atoms with Crippen LogP contribution in [0.1, 0.15) is 31.1 Å². The highest BCUT2D eigenvalue weighted by Gasteiger charge is 2.43. The lowest BCUT2D eigenvalue weighted by molar-refractivity contribution is -0.133. The quantitative estimate of drug-likeness (QED) is 0.515. The van der Waals surface area contributed by atoms with Gasteiger partial charge in [0, 0.05) is 31.4 Å². The minimum Gasteiger partial charge on any atom is -0.467 e. The lowest BCUT2D eigenvalue weighted by Crippen LogP contribution is -2.50. The number of amides is 4. The molecule has 1 aliphatic rings. The maximum atomic E-state index is 13.5. The predicted molar refractivity (Wildman–Crippen MR) is 129 cm³/mol. The summed E-state index contributed by atoms with van der Waals surface area (Å²) in [6.45, 7) is 2.92. The summed E-state index contributed by atoms with van der Waals surface area (Å²) in [5, 5.41) is 8.51. The van der Waals surface area contributed by atoms with Gasteiger partial charge in [-0.15, -0.1) is 0 Å². The van der Waals surface area contributed by atoms with E-state index >= 15 is 0 Å². The minimum absolute atomic E-state index is 0.0263. The number of nitrogens with one attached hydrogen (secondary N) is 3. The molecule has 176 valence electrons. The van der Waals surface area contributed by atoms with Gasteiger partial charge in [-0.2, -0.15) is 0 Å². The third-order valence-corrected chi connectivity index (χ3v) is 6.23. The summed E-state index contributed by atoms with van der Waals surface area (Å²) in [7, 11) is 0. The smallest absolute Gasteiger partial charge is 0.319 e. The number of benzene rings is 2. The summed E-state index contributed by atoms with van der Waals surface area (Å²) in [5.74, 6) is 0.590. The van der Waals surface area contributed by atoms with Gasteiger partial charge in [-0.3, -0.25) is 9.59 Å². The summed E-state index contributed by atoms with van der Waals surface area (Å²) in [5.41, 5.74) is 1.47. The number of carbonyl (C=O) groups is 3. The molecular formula is C26H28N4O4. The third-order valence-electron chi connectivity index (χ3n) is 6.23. The lowest BCUT2D eigenvalue weighted by Gasteiger charge is -2.40. The van der Waals surface area contributed by atoms with Gasteiger partial charge in [0.15, 0.2) is 0 Å². The fourth-order valence-electron chi connectivity index (χ4n) is 4.25. The topological polar surface area (TPSA) is 104 Å². The molecule has 3 aromatic rings. The minimum atomic E-state index is -0.712. The first-order valence-corrected chi connectivity index (χ1v) is 11.3. The van der Waals surface area contributed by atoms with Crippen LogP contribution in [0.5, 0.6) is 0 Å². The van der Waals surface area contributed by atoms with Crippen molar-refractivity contribution in [2.24, 2.45) is 0 Å². The normalized spacial score (nSPS) is 14.8. The van der Waals surface area contributed by atoms with E-state index < -0.39 is 5.41 Å². The Morgan fingerprint density at radius 2 is 1.53 bits per heavy atom. The second kappa shape index (κ2) is 10.2. The Labute approximate surface area is 198 Å². The number of furan rings is 1. The maximum absolute atomic E-state index is 13.5. The molecule has 1 fully saturated rings. The van der Waals surface area contributed by atoms with E-state index in [1.807, 2.05) is 30.3 Å². The number of piperidine rings is 1. The lowest BCUT2D eigenvalue weighted by atomic mass is 9.72. The van der Waals surface area contributed by atoms with Crippen molar-refractivity contribution in [2.45, 2.75) is 31.7 Å². The zero-order valence-corrected chi connectivity index (χ0v) is 19.0. The molecule has 0 radical (unpaired) electrons. The van der Waals surface area contributed by atoms with Gasteiger partial charge in [-0.25, -0.2) is 4.79 Å². The van der Waals surface area contributed by atoms with Crippen molar-refractivity contribution in [1.29, 1.82) is 0 Å². The number of rotatable bonds is 6. The van der Waals surface area contributed by atoms with E-state index in [0.29, 0.717) is 43.1 Å². The van der Waals surface area contributed by atoms with E-state index in [1.165, 1.54) is 0 Å². The molecule has 0 aliphatic carbocycles. The van der Waals surface area contributed by atoms with Gasteiger partial charge in [0.1, 0.15) is 5.76 Å². The van der Waals surface area contributed by atoms with Crippen molar-refractivity contribution in [3.05, 3.63) is 84.3 Å². The molecular weight excluding hydrogens is 432 g/mol. The molecule has 0 saturated carbocycles. The van der Waals surface area contributed by atoms with E-state index in [4.69, 9.17) is 4.42 Å². The fourth-order valence-corrected chi connectivity index (χ4v) is 4.25. The van der Waals surface area contributed by atoms with E-state index in [9.17, 15) is 14.4 Å². The van der Waals surface area contributed by atoms with E-state index in [-0.39, 0.29) is 24.4 Å². The van der Waals surface area contributed by atoms with Crippen LogP contribution < -0.4 is 16.0 Å². The molecule has 1 saturated heterocycles. The SMILES string of the molecule is CC(=O)N1CCC(C(=O)Nc2ccc(NC(=O)NCc3ccco3)cc2)(c2ccccc2)CC1. The fraction of sp³-hybridized carbons (Fsp3) is 0.269. The highest BCUT2D eigenvalue weighted by molar-refractivity contribution is 5.99. The van der Waals surface area contributed by atoms with Crippen molar-refractivity contribution < 1.29 is 18.8 Å². The molecule has 3 N–H and O–H groups in total. The van der Waals surface area contributed by atoms with Crippen LogP contribution in [-0.4, -0.2) is 35.8 Å². The number of urea groups is 1. The Hall–Kier alpha value is -4.07. The summed E-state index contributed by atoms with van der Waals surface area (Å²) < 4.78 is 5.19. The number of likely N-dealkylation sites (tertiary alicyclic amines) is 1. The second-order valence-electron chi connectivity index (χ2n) is 8.37. The first-order chi connectivity index (χ1) is 16.5. The van der Waals surface area contributed by atoms with Gasteiger partial charge in [-0.05, 0) is 54.8 Å². The predicted octanol–water partition coefficient (Wildman–Crippen LogP) is 4.12. The molecule has 1 aliphatic heterocycles. The van der Waals surface area contributed by atoms with Gasteiger partial charge >= 0.3 is 6.03 Å². The summed E-state index contributed by atoms with van der Waals surface area (Å²) in [6.07, 6.45) is 2.66. The number of nitrogens with zero attached hydrogens (tertiary/aromatic N) is 1. The van der Waals surface area contributed by atoms with Gasteiger partial charge < -0.3 is 25.3 Å². The molecule has 34 heavy (non-hydrogen) atoms. The summed E-state index contributed by atoms with van der Waals surface area (Å²) >= 11 is 0. The summed E-state index contributed by atoms with van der Waals surface area (Å²) in [6, 6.07) is 19.9. The monoisotopic (exact) mass is 460 g/mol. The van der Waals surface area contributed by atoms with Crippen molar-refractivity contribution in [2.75, 3.05) is 23.7 Å². The molecule has 0 unspecified atom stereocenters. The molecule has 2 aromatic carbocycles. The Kier molecular flexibility index (Phi) is 6.96. The third kappa shape index (κ3) is 5.28. The Bertz CT molecular complexity index is 1120. The van der Waals surface area contributed by atoms with Gasteiger partial charge in [-0.1, -0.05) is 30.3 Å². The standard InChI is InChI=1S/C26H28N4O4/c1-19(31)30-15-13-26(14-16-30,20-6-3-2-4-7-20)24(32)28-21-9-11-22(12-10-21)29-25(33)27-18-23-8-5-17-34-23/h2-12,17H,13-16,18H2,1H3,(H,28,32)(H2,27,29,33). The van der Waals surface area contributed by atoms with Crippen molar-refractivity contribution in [1.82, 2.24) is 10.2 Å². The Balaban J connectivity index is 1.40. The molecule has 4 rings (SSSR count). The van der Waals surface area contributed by atoms with E-state index in [2.05, 4.69) is 16.0 Å². The van der Waals surface area contributed by atoms with Crippen LogP contribution in [0.2, 0.25) is 0 Å². The van der Waals surface area contributed by atoms with Crippen molar-refractivity contribution in [3.63, 3.8) is 0 Å². The largest absolute Gasteiger partial charge is 0.467 e. The van der Waals surface area contributed by atoms with Crippen LogP contribution in [0.3, 0.4) is 0 Å². The molecule has 2 heterocycles. The molecule has 4 amide bonds. The van der Waals surface area contributed by atoms with Crippen LogP contribution in [0.25, 0.3) is 0 Å². The maximum Gasteiger partial charge on any atom is 0.319 e. The first-order valence-electron chi connectivity index (χ1n) is 11.3. The van der Waals surface area contributed by atoms with Crippen molar-refractivity contribution in [3.8, 4) is 0 Å². The average Bonchev–Trinajstić information content (AvgIpc) is 3.38.